The number of halogens is 1. The van der Waals surface area contributed by atoms with E-state index in [1.807, 2.05) is 24.3 Å². The third-order valence-corrected chi connectivity index (χ3v) is 3.62. The van der Waals surface area contributed by atoms with Crippen molar-refractivity contribution in [2.45, 2.75) is 25.8 Å². The van der Waals surface area contributed by atoms with Crippen LogP contribution in [-0.4, -0.2) is 34.3 Å². The molecule has 2 heterocycles. The summed E-state index contributed by atoms with van der Waals surface area (Å²) in [4.78, 5) is 11.5. The Hall–Kier alpha value is -1.92. The summed E-state index contributed by atoms with van der Waals surface area (Å²) in [6, 6.07) is 7.74. The van der Waals surface area contributed by atoms with Gasteiger partial charge in [-0.05, 0) is 44.2 Å². The van der Waals surface area contributed by atoms with E-state index in [4.69, 9.17) is 0 Å². The molecule has 1 aromatic carbocycles. The number of carbonyl (C=O) groups excluding carboxylic acids is 1. The summed E-state index contributed by atoms with van der Waals surface area (Å²) in [6.45, 7) is 1.29. The van der Waals surface area contributed by atoms with Gasteiger partial charge in [0.2, 0.25) is 5.91 Å². The van der Waals surface area contributed by atoms with Gasteiger partial charge in [-0.3, -0.25) is 4.79 Å². The van der Waals surface area contributed by atoms with E-state index in [2.05, 4.69) is 25.4 Å². The van der Waals surface area contributed by atoms with Crippen LogP contribution in [-0.2, 0) is 17.8 Å². The average Bonchev–Trinajstić information content (AvgIpc) is 2.92. The SMILES string of the molecule is CNCC(=O)Nc1ccc(-c2nnc3n2CCCC3)cc1.Cl. The Morgan fingerprint density at radius 3 is 2.73 bits per heavy atom. The maximum atomic E-state index is 11.5. The number of hydrogen-bond donors (Lipinski definition) is 2. The fourth-order valence-corrected chi connectivity index (χ4v) is 2.59. The Balaban J connectivity index is 0.00000176. The predicted octanol–water partition coefficient (Wildman–Crippen LogP) is 1.86. The first kappa shape index (κ1) is 16.5. The first-order valence-electron chi connectivity index (χ1n) is 7.25. The number of nitrogens with zero attached hydrogens (tertiary/aromatic N) is 3. The molecule has 0 atom stereocenters. The van der Waals surface area contributed by atoms with Crippen LogP contribution in [0.1, 0.15) is 18.7 Å². The maximum absolute atomic E-state index is 11.5. The third kappa shape index (κ3) is 3.45. The zero-order valence-corrected chi connectivity index (χ0v) is 13.3. The van der Waals surface area contributed by atoms with Crippen molar-refractivity contribution in [1.29, 1.82) is 0 Å². The highest BCUT2D eigenvalue weighted by atomic mass is 35.5. The van der Waals surface area contributed by atoms with E-state index in [-0.39, 0.29) is 18.3 Å². The molecule has 0 radical (unpaired) electrons. The summed E-state index contributed by atoms with van der Waals surface area (Å²) in [5.74, 6) is 1.94. The number of anilines is 1. The Bertz CT molecular complexity index is 638. The number of carbonyl (C=O) groups is 1. The van der Waals surface area contributed by atoms with Crippen LogP contribution < -0.4 is 10.6 Å². The van der Waals surface area contributed by atoms with Crippen LogP contribution in [0, 0.1) is 0 Å². The molecular formula is C15H20ClN5O. The van der Waals surface area contributed by atoms with Gasteiger partial charge in [-0.15, -0.1) is 22.6 Å². The molecule has 7 heteroatoms. The van der Waals surface area contributed by atoms with Gasteiger partial charge in [-0.2, -0.15) is 0 Å². The van der Waals surface area contributed by atoms with Gasteiger partial charge in [0.25, 0.3) is 0 Å². The van der Waals surface area contributed by atoms with Crippen molar-refractivity contribution in [2.24, 2.45) is 0 Å². The molecule has 3 rings (SSSR count). The van der Waals surface area contributed by atoms with Gasteiger partial charge in [0, 0.05) is 24.2 Å². The van der Waals surface area contributed by atoms with Crippen LogP contribution in [0.25, 0.3) is 11.4 Å². The van der Waals surface area contributed by atoms with E-state index in [0.717, 1.165) is 35.9 Å². The van der Waals surface area contributed by atoms with E-state index in [1.54, 1.807) is 7.05 Å². The van der Waals surface area contributed by atoms with E-state index < -0.39 is 0 Å². The zero-order chi connectivity index (χ0) is 14.7. The molecule has 22 heavy (non-hydrogen) atoms. The highest BCUT2D eigenvalue weighted by Crippen LogP contribution is 2.24. The number of nitrogens with one attached hydrogen (secondary N) is 2. The lowest BCUT2D eigenvalue weighted by atomic mass is 10.1. The minimum Gasteiger partial charge on any atom is -0.325 e. The second-order valence-electron chi connectivity index (χ2n) is 5.20. The van der Waals surface area contributed by atoms with Crippen molar-refractivity contribution in [3.63, 3.8) is 0 Å². The summed E-state index contributed by atoms with van der Waals surface area (Å²) in [6.07, 6.45) is 3.37. The average molecular weight is 322 g/mol. The lowest BCUT2D eigenvalue weighted by molar-refractivity contribution is -0.115. The van der Waals surface area contributed by atoms with Gasteiger partial charge in [0.1, 0.15) is 5.82 Å². The Morgan fingerprint density at radius 1 is 1.23 bits per heavy atom. The molecule has 1 amide bonds. The monoisotopic (exact) mass is 321 g/mol. The van der Waals surface area contributed by atoms with Crippen molar-refractivity contribution >= 4 is 24.0 Å². The van der Waals surface area contributed by atoms with E-state index in [9.17, 15) is 4.79 Å². The molecule has 1 aromatic heterocycles. The highest BCUT2D eigenvalue weighted by Gasteiger charge is 2.16. The van der Waals surface area contributed by atoms with Crippen LogP contribution in [0.3, 0.4) is 0 Å². The van der Waals surface area contributed by atoms with Gasteiger partial charge in [-0.25, -0.2) is 0 Å². The highest BCUT2D eigenvalue weighted by molar-refractivity contribution is 5.92. The summed E-state index contributed by atoms with van der Waals surface area (Å²) in [5.41, 5.74) is 1.82. The minimum absolute atomic E-state index is 0. The molecule has 2 N–H and O–H groups in total. The summed E-state index contributed by atoms with van der Waals surface area (Å²) < 4.78 is 2.19. The van der Waals surface area contributed by atoms with Crippen LogP contribution in [0.4, 0.5) is 5.69 Å². The van der Waals surface area contributed by atoms with E-state index in [0.29, 0.717) is 6.54 Å². The number of benzene rings is 1. The van der Waals surface area contributed by atoms with Crippen LogP contribution in [0.15, 0.2) is 24.3 Å². The molecule has 1 aliphatic rings. The largest absolute Gasteiger partial charge is 0.325 e. The minimum atomic E-state index is -0.0508. The predicted molar refractivity (Wildman–Crippen MR) is 88.2 cm³/mol. The molecule has 0 spiro atoms. The summed E-state index contributed by atoms with van der Waals surface area (Å²) in [5, 5.41) is 14.2. The Labute approximate surface area is 135 Å². The van der Waals surface area contributed by atoms with Crippen molar-refractivity contribution < 1.29 is 4.79 Å². The smallest absolute Gasteiger partial charge is 0.238 e. The van der Waals surface area contributed by atoms with E-state index in [1.165, 1.54) is 12.8 Å². The van der Waals surface area contributed by atoms with Crippen molar-refractivity contribution in [2.75, 3.05) is 18.9 Å². The first-order chi connectivity index (χ1) is 10.3. The van der Waals surface area contributed by atoms with Crippen LogP contribution in [0.5, 0.6) is 0 Å². The summed E-state index contributed by atoms with van der Waals surface area (Å²) >= 11 is 0. The number of fused-ring (bicyclic) bond motifs is 1. The number of amides is 1. The van der Waals surface area contributed by atoms with Gasteiger partial charge in [0.15, 0.2) is 5.82 Å². The Morgan fingerprint density at radius 2 is 2.00 bits per heavy atom. The van der Waals surface area contributed by atoms with Gasteiger partial charge < -0.3 is 15.2 Å². The zero-order valence-electron chi connectivity index (χ0n) is 12.5. The van der Waals surface area contributed by atoms with Crippen molar-refractivity contribution in [1.82, 2.24) is 20.1 Å². The lowest BCUT2D eigenvalue weighted by Gasteiger charge is -2.14. The summed E-state index contributed by atoms with van der Waals surface area (Å²) in [7, 11) is 1.75. The van der Waals surface area contributed by atoms with Crippen LogP contribution >= 0.6 is 12.4 Å². The van der Waals surface area contributed by atoms with Gasteiger partial charge in [-0.1, -0.05) is 0 Å². The molecule has 0 unspecified atom stereocenters. The second kappa shape index (κ2) is 7.38. The number of aryl methyl sites for hydroxylation is 1. The quantitative estimate of drug-likeness (QED) is 0.901. The number of likely N-dealkylation sites (N-methyl/N-ethyl adjacent to an activating group) is 1. The molecule has 0 saturated carbocycles. The fourth-order valence-electron chi connectivity index (χ4n) is 2.59. The second-order valence-corrected chi connectivity index (χ2v) is 5.20. The molecule has 0 saturated heterocycles. The molecular weight excluding hydrogens is 302 g/mol. The third-order valence-electron chi connectivity index (χ3n) is 3.62. The molecule has 0 aliphatic carbocycles. The van der Waals surface area contributed by atoms with E-state index >= 15 is 0 Å². The number of aromatic nitrogens is 3. The molecule has 0 fully saturated rings. The molecule has 2 aromatic rings. The molecule has 118 valence electrons. The molecule has 1 aliphatic heterocycles. The molecule has 0 bridgehead atoms. The fraction of sp³-hybridized carbons (Fsp3) is 0.400. The van der Waals surface area contributed by atoms with Crippen LogP contribution in [0.2, 0.25) is 0 Å². The number of hydrogen-bond acceptors (Lipinski definition) is 4. The van der Waals surface area contributed by atoms with Crippen molar-refractivity contribution in [3.05, 3.63) is 30.1 Å². The number of rotatable bonds is 4. The standard InChI is InChI=1S/C15H19N5O.ClH/c1-16-10-14(21)17-12-7-5-11(6-8-12)15-19-18-13-4-2-3-9-20(13)15;/h5-8,16H,2-4,9-10H2,1H3,(H,17,21);1H. The first-order valence-corrected chi connectivity index (χ1v) is 7.25. The maximum Gasteiger partial charge on any atom is 0.238 e. The normalized spacial score (nSPS) is 13.1. The van der Waals surface area contributed by atoms with Crippen molar-refractivity contribution in [3.8, 4) is 11.4 Å². The lowest BCUT2D eigenvalue weighted by Crippen LogP contribution is -2.24. The Kier molecular flexibility index (Phi) is 5.51. The van der Waals surface area contributed by atoms with Gasteiger partial charge >= 0.3 is 0 Å². The van der Waals surface area contributed by atoms with Gasteiger partial charge in [0.05, 0.1) is 6.54 Å². The topological polar surface area (TPSA) is 71.8 Å². The molecule has 6 nitrogen and oxygen atoms in total.